The highest BCUT2D eigenvalue weighted by atomic mass is 16.5. The lowest BCUT2D eigenvalue weighted by molar-refractivity contribution is 0.184. The van der Waals surface area contributed by atoms with Crippen LogP contribution in [0.1, 0.15) is 39.0 Å². The van der Waals surface area contributed by atoms with Crippen LogP contribution in [-0.2, 0) is 4.74 Å². The largest absolute Gasteiger partial charge is 0.381 e. The normalized spacial score (nSPS) is 34.7. The molecule has 2 fully saturated rings. The molecule has 2 saturated heterocycles. The van der Waals surface area contributed by atoms with Gasteiger partial charge in [-0.3, -0.25) is 0 Å². The summed E-state index contributed by atoms with van der Waals surface area (Å²) < 4.78 is 5.40. The van der Waals surface area contributed by atoms with Crippen molar-refractivity contribution in [2.45, 2.75) is 44.6 Å². The highest BCUT2D eigenvalue weighted by molar-refractivity contribution is 4.94. The minimum atomic E-state index is 0.397. The topological polar surface area (TPSA) is 33.3 Å². The minimum absolute atomic E-state index is 0.397. The quantitative estimate of drug-likeness (QED) is 0.721. The van der Waals surface area contributed by atoms with Gasteiger partial charge in [0, 0.05) is 25.2 Å². The Balaban J connectivity index is 1.69. The average molecular weight is 226 g/mol. The Morgan fingerprint density at radius 1 is 1.50 bits per heavy atom. The van der Waals surface area contributed by atoms with Gasteiger partial charge in [0.25, 0.3) is 0 Å². The fourth-order valence-electron chi connectivity index (χ4n) is 3.06. The van der Waals surface area contributed by atoms with E-state index in [4.69, 9.17) is 4.74 Å². The van der Waals surface area contributed by atoms with Crippen molar-refractivity contribution in [3.8, 4) is 0 Å². The van der Waals surface area contributed by atoms with Crippen molar-refractivity contribution in [2.75, 3.05) is 32.8 Å². The molecule has 2 rings (SSSR count). The molecule has 2 aliphatic rings. The molecule has 0 amide bonds. The SMILES string of the molecule is CCCC1(CNCC2CCOC2)CCCN1. The van der Waals surface area contributed by atoms with E-state index in [0.29, 0.717) is 5.54 Å². The molecular formula is C13H26N2O. The van der Waals surface area contributed by atoms with Gasteiger partial charge in [-0.1, -0.05) is 13.3 Å². The van der Waals surface area contributed by atoms with Crippen molar-refractivity contribution in [2.24, 2.45) is 5.92 Å². The molecule has 0 bridgehead atoms. The first-order chi connectivity index (χ1) is 7.85. The zero-order chi connectivity index (χ0) is 11.3. The molecule has 2 aliphatic heterocycles. The van der Waals surface area contributed by atoms with Crippen LogP contribution in [0.4, 0.5) is 0 Å². The zero-order valence-electron chi connectivity index (χ0n) is 10.6. The van der Waals surface area contributed by atoms with Crippen molar-refractivity contribution < 1.29 is 4.74 Å². The van der Waals surface area contributed by atoms with Crippen LogP contribution in [0.2, 0.25) is 0 Å². The lowest BCUT2D eigenvalue weighted by atomic mass is 9.91. The van der Waals surface area contributed by atoms with E-state index in [1.54, 1.807) is 0 Å². The summed E-state index contributed by atoms with van der Waals surface area (Å²) in [6.45, 7) is 7.68. The molecule has 0 saturated carbocycles. The molecule has 0 aromatic rings. The molecule has 2 N–H and O–H groups in total. The van der Waals surface area contributed by atoms with Crippen molar-refractivity contribution in [3.63, 3.8) is 0 Å². The second-order valence-corrected chi connectivity index (χ2v) is 5.42. The predicted octanol–water partition coefficient (Wildman–Crippen LogP) is 1.53. The summed E-state index contributed by atoms with van der Waals surface area (Å²) in [6.07, 6.45) is 6.51. The van der Waals surface area contributed by atoms with Gasteiger partial charge in [0.2, 0.25) is 0 Å². The Kier molecular flexibility index (Phi) is 4.62. The third-order valence-corrected chi connectivity index (χ3v) is 3.98. The lowest BCUT2D eigenvalue weighted by Gasteiger charge is -2.30. The molecule has 2 heterocycles. The molecule has 94 valence electrons. The van der Waals surface area contributed by atoms with Gasteiger partial charge in [-0.2, -0.15) is 0 Å². The third kappa shape index (κ3) is 3.19. The first-order valence-electron chi connectivity index (χ1n) is 6.88. The molecule has 0 spiro atoms. The average Bonchev–Trinajstić information content (AvgIpc) is 2.90. The molecule has 0 aromatic heterocycles. The third-order valence-electron chi connectivity index (χ3n) is 3.98. The fraction of sp³-hybridized carbons (Fsp3) is 1.00. The van der Waals surface area contributed by atoms with E-state index in [9.17, 15) is 0 Å². The minimum Gasteiger partial charge on any atom is -0.381 e. The van der Waals surface area contributed by atoms with Crippen LogP contribution >= 0.6 is 0 Å². The van der Waals surface area contributed by atoms with Crippen LogP contribution < -0.4 is 10.6 Å². The van der Waals surface area contributed by atoms with Gasteiger partial charge < -0.3 is 15.4 Å². The molecule has 2 atom stereocenters. The number of hydrogen-bond acceptors (Lipinski definition) is 3. The number of nitrogens with one attached hydrogen (secondary N) is 2. The van der Waals surface area contributed by atoms with Crippen LogP contribution in [0.25, 0.3) is 0 Å². The van der Waals surface area contributed by atoms with E-state index in [1.807, 2.05) is 0 Å². The zero-order valence-corrected chi connectivity index (χ0v) is 10.6. The summed E-state index contributed by atoms with van der Waals surface area (Å²) in [7, 11) is 0. The number of rotatable bonds is 6. The maximum atomic E-state index is 5.40. The molecule has 3 nitrogen and oxygen atoms in total. The van der Waals surface area contributed by atoms with E-state index < -0.39 is 0 Å². The summed E-state index contributed by atoms with van der Waals surface area (Å²) in [4.78, 5) is 0. The van der Waals surface area contributed by atoms with E-state index in [2.05, 4.69) is 17.6 Å². The van der Waals surface area contributed by atoms with Crippen LogP contribution in [0.3, 0.4) is 0 Å². The first kappa shape index (κ1) is 12.3. The standard InChI is InChI=1S/C13H26N2O/c1-2-5-13(6-3-7-15-13)11-14-9-12-4-8-16-10-12/h12,14-15H,2-11H2,1H3. The van der Waals surface area contributed by atoms with E-state index in [1.165, 1.54) is 38.6 Å². The highest BCUT2D eigenvalue weighted by Gasteiger charge is 2.32. The van der Waals surface area contributed by atoms with Crippen LogP contribution in [0.5, 0.6) is 0 Å². The van der Waals surface area contributed by atoms with Crippen molar-refractivity contribution in [1.82, 2.24) is 10.6 Å². The van der Waals surface area contributed by atoms with Crippen molar-refractivity contribution in [1.29, 1.82) is 0 Å². The predicted molar refractivity (Wildman–Crippen MR) is 66.7 cm³/mol. The highest BCUT2D eigenvalue weighted by Crippen LogP contribution is 2.24. The second-order valence-electron chi connectivity index (χ2n) is 5.42. The molecule has 0 radical (unpaired) electrons. The molecular weight excluding hydrogens is 200 g/mol. The van der Waals surface area contributed by atoms with Crippen LogP contribution in [0, 0.1) is 5.92 Å². The summed E-state index contributed by atoms with van der Waals surface area (Å²) in [6, 6.07) is 0. The number of ether oxygens (including phenoxy) is 1. The van der Waals surface area contributed by atoms with Gasteiger partial charge in [-0.05, 0) is 38.1 Å². The van der Waals surface area contributed by atoms with Crippen LogP contribution in [-0.4, -0.2) is 38.4 Å². The Morgan fingerprint density at radius 2 is 2.44 bits per heavy atom. The van der Waals surface area contributed by atoms with E-state index >= 15 is 0 Å². The van der Waals surface area contributed by atoms with E-state index in [-0.39, 0.29) is 0 Å². The van der Waals surface area contributed by atoms with Crippen LogP contribution in [0.15, 0.2) is 0 Å². The molecule has 0 aliphatic carbocycles. The van der Waals surface area contributed by atoms with Crippen molar-refractivity contribution >= 4 is 0 Å². The Morgan fingerprint density at radius 3 is 3.06 bits per heavy atom. The van der Waals surface area contributed by atoms with Gasteiger partial charge in [-0.15, -0.1) is 0 Å². The Bertz CT molecular complexity index is 196. The summed E-state index contributed by atoms with van der Waals surface area (Å²) in [5, 5.41) is 7.36. The van der Waals surface area contributed by atoms with Gasteiger partial charge in [0.1, 0.15) is 0 Å². The Hall–Kier alpha value is -0.120. The van der Waals surface area contributed by atoms with Gasteiger partial charge in [-0.25, -0.2) is 0 Å². The second kappa shape index (κ2) is 5.99. The smallest absolute Gasteiger partial charge is 0.0507 e. The number of hydrogen-bond donors (Lipinski definition) is 2. The molecule has 2 unspecified atom stereocenters. The Labute approximate surface area is 99.3 Å². The monoisotopic (exact) mass is 226 g/mol. The van der Waals surface area contributed by atoms with Gasteiger partial charge in [0.05, 0.1) is 6.61 Å². The molecule has 0 aromatic carbocycles. The molecule has 3 heteroatoms. The fourth-order valence-corrected chi connectivity index (χ4v) is 3.06. The van der Waals surface area contributed by atoms with Gasteiger partial charge >= 0.3 is 0 Å². The summed E-state index contributed by atoms with van der Waals surface area (Å²) in [5.41, 5.74) is 0.397. The van der Waals surface area contributed by atoms with E-state index in [0.717, 1.165) is 32.2 Å². The summed E-state index contributed by atoms with van der Waals surface area (Å²) in [5.74, 6) is 0.750. The first-order valence-corrected chi connectivity index (χ1v) is 6.88. The van der Waals surface area contributed by atoms with Gasteiger partial charge in [0.15, 0.2) is 0 Å². The summed E-state index contributed by atoms with van der Waals surface area (Å²) >= 11 is 0. The maximum absolute atomic E-state index is 5.40. The maximum Gasteiger partial charge on any atom is 0.0507 e. The lowest BCUT2D eigenvalue weighted by Crippen LogP contribution is -2.49. The molecule has 16 heavy (non-hydrogen) atoms. The van der Waals surface area contributed by atoms with Crippen molar-refractivity contribution in [3.05, 3.63) is 0 Å².